The quantitative estimate of drug-likeness (QED) is 0.0264. The zero-order valence-electron chi connectivity index (χ0n) is 45.6. The van der Waals surface area contributed by atoms with Crippen molar-refractivity contribution >= 4 is 19.8 Å². The normalized spacial score (nSPS) is 14.0. The number of phosphoric acid groups is 1. The van der Waals surface area contributed by atoms with Gasteiger partial charge in [-0.05, 0) is 103 Å². The molecule has 0 saturated carbocycles. The Balaban J connectivity index is 3.87. The molecule has 2 unspecified atom stereocenters. The zero-order chi connectivity index (χ0) is 52.4. The Morgan fingerprint density at radius 2 is 0.764 bits per heavy atom. The summed E-state index contributed by atoms with van der Waals surface area (Å²) in [6.07, 6.45) is 78.5. The lowest BCUT2D eigenvalue weighted by atomic mass is 10.0. The Bertz CT molecular complexity index is 1590. The van der Waals surface area contributed by atoms with Crippen molar-refractivity contribution in [2.45, 2.75) is 232 Å². The number of hydrogen-bond acceptors (Lipinski definition) is 8. The van der Waals surface area contributed by atoms with Crippen LogP contribution >= 0.6 is 7.82 Å². The van der Waals surface area contributed by atoms with E-state index in [0.29, 0.717) is 6.42 Å². The van der Waals surface area contributed by atoms with Crippen molar-refractivity contribution in [3.8, 4) is 0 Å². The molecule has 0 rings (SSSR count). The van der Waals surface area contributed by atoms with E-state index in [0.717, 1.165) is 122 Å². The Kier molecular flexibility index (Phi) is 53.9. The van der Waals surface area contributed by atoms with Gasteiger partial charge in [-0.1, -0.05) is 232 Å². The second kappa shape index (κ2) is 56.7. The minimum atomic E-state index is -4.39. The van der Waals surface area contributed by atoms with Crippen LogP contribution in [0.2, 0.25) is 0 Å². The second-order valence-electron chi connectivity index (χ2n) is 18.4. The van der Waals surface area contributed by atoms with Crippen LogP contribution in [-0.2, 0) is 32.7 Å². The lowest BCUT2D eigenvalue weighted by Gasteiger charge is -2.19. The van der Waals surface area contributed by atoms with Gasteiger partial charge in [-0.25, -0.2) is 4.57 Å². The van der Waals surface area contributed by atoms with E-state index in [-0.39, 0.29) is 32.6 Å². The molecule has 0 aliphatic rings. The van der Waals surface area contributed by atoms with Gasteiger partial charge in [0.1, 0.15) is 6.61 Å². The van der Waals surface area contributed by atoms with Gasteiger partial charge in [-0.15, -0.1) is 0 Å². The van der Waals surface area contributed by atoms with Gasteiger partial charge >= 0.3 is 19.8 Å². The SMILES string of the molecule is CC/C=C\C/C=C\C/C=C\C/C=C\C/C=C\C/C=C\C/C=C\C/C=C\C/C=C\CCCCCCCCCCCCCCCC(=O)OC(COC(=O)CCCCCCC/C=C\CCC)COP(=O)(O)OCCN. The van der Waals surface area contributed by atoms with Crippen molar-refractivity contribution in [3.05, 3.63) is 122 Å². The maximum absolute atomic E-state index is 12.6. The number of rotatable bonds is 52. The summed E-state index contributed by atoms with van der Waals surface area (Å²) >= 11 is 0. The Hall–Kier alpha value is -3.59. The summed E-state index contributed by atoms with van der Waals surface area (Å²) in [4.78, 5) is 34.9. The fourth-order valence-electron chi connectivity index (χ4n) is 7.39. The molecule has 0 aliphatic carbocycles. The highest BCUT2D eigenvalue weighted by Gasteiger charge is 2.26. The van der Waals surface area contributed by atoms with Gasteiger partial charge in [0.05, 0.1) is 13.2 Å². The average Bonchev–Trinajstić information content (AvgIpc) is 3.37. The number of esters is 2. The Morgan fingerprint density at radius 3 is 1.15 bits per heavy atom. The average molecular weight is 1020 g/mol. The maximum atomic E-state index is 12.6. The molecule has 2 atom stereocenters. The lowest BCUT2D eigenvalue weighted by Crippen LogP contribution is -2.29. The number of unbranched alkanes of at least 4 members (excludes halogenated alkanes) is 19. The van der Waals surface area contributed by atoms with Gasteiger partial charge in [0.2, 0.25) is 0 Å². The first-order chi connectivity index (χ1) is 35.3. The number of ether oxygens (including phenoxy) is 2. The largest absolute Gasteiger partial charge is 0.472 e. The number of allylic oxidation sites excluding steroid dienone is 20. The summed E-state index contributed by atoms with van der Waals surface area (Å²) in [5.74, 6) is -0.847. The van der Waals surface area contributed by atoms with Crippen LogP contribution in [0.25, 0.3) is 0 Å². The van der Waals surface area contributed by atoms with Crippen LogP contribution in [0.15, 0.2) is 122 Å². The van der Waals surface area contributed by atoms with E-state index in [2.05, 4.69) is 135 Å². The van der Waals surface area contributed by atoms with Crippen molar-refractivity contribution in [2.24, 2.45) is 5.73 Å². The molecule has 0 saturated heterocycles. The maximum Gasteiger partial charge on any atom is 0.472 e. The van der Waals surface area contributed by atoms with E-state index in [1.54, 1.807) is 0 Å². The fourth-order valence-corrected chi connectivity index (χ4v) is 8.16. The molecule has 0 aromatic carbocycles. The van der Waals surface area contributed by atoms with Crippen molar-refractivity contribution in [1.29, 1.82) is 0 Å². The molecule has 410 valence electrons. The summed E-state index contributed by atoms with van der Waals surface area (Å²) in [6, 6.07) is 0. The number of phosphoric ester groups is 1. The minimum Gasteiger partial charge on any atom is -0.462 e. The summed E-state index contributed by atoms with van der Waals surface area (Å²) in [7, 11) is -4.39. The molecular weight excluding hydrogens is 918 g/mol. The van der Waals surface area contributed by atoms with Crippen molar-refractivity contribution < 1.29 is 37.6 Å². The molecule has 9 nitrogen and oxygen atoms in total. The highest BCUT2D eigenvalue weighted by Crippen LogP contribution is 2.43. The highest BCUT2D eigenvalue weighted by atomic mass is 31.2. The number of nitrogens with two attached hydrogens (primary N) is 1. The summed E-state index contributed by atoms with van der Waals surface area (Å²) in [6.45, 7) is 3.53. The van der Waals surface area contributed by atoms with Crippen LogP contribution in [-0.4, -0.2) is 49.3 Å². The molecule has 0 aliphatic heterocycles. The zero-order valence-corrected chi connectivity index (χ0v) is 46.5. The standard InChI is InChI=1S/C62H104NO8P/c1-3-5-7-9-11-13-15-16-17-18-19-20-21-22-23-24-25-26-27-28-29-30-31-32-33-34-35-36-37-38-39-40-41-42-43-44-45-47-49-51-53-55-62(65)71-60(59-70-72(66,67)69-57-56-63)58-68-61(64)54-52-50-48-46-14-12-10-8-6-4-2/h5,7-8,10-11,13,16-17,19-20,22-23,25-26,28-29,31-32,34-35,60H,3-4,6,9,12,14-15,18,21,24,27,30,33,36-59,63H2,1-2H3,(H,66,67)/b7-5-,10-8-,13-11-,17-16-,20-19-,23-22-,26-25-,29-28-,32-31-,35-34-. The molecule has 3 N–H and O–H groups in total. The fraction of sp³-hybridized carbons (Fsp3) is 0.645. The highest BCUT2D eigenvalue weighted by molar-refractivity contribution is 7.47. The van der Waals surface area contributed by atoms with Crippen molar-refractivity contribution in [3.63, 3.8) is 0 Å². The van der Waals surface area contributed by atoms with E-state index in [9.17, 15) is 19.0 Å². The molecule has 72 heavy (non-hydrogen) atoms. The Labute approximate surface area is 441 Å². The van der Waals surface area contributed by atoms with Crippen LogP contribution in [0.4, 0.5) is 0 Å². The first-order valence-corrected chi connectivity index (χ1v) is 30.0. The Morgan fingerprint density at radius 1 is 0.431 bits per heavy atom. The molecule has 0 fully saturated rings. The van der Waals surface area contributed by atoms with Gasteiger partial charge in [0.15, 0.2) is 6.10 Å². The first-order valence-electron chi connectivity index (χ1n) is 28.5. The van der Waals surface area contributed by atoms with E-state index >= 15 is 0 Å². The van der Waals surface area contributed by atoms with Crippen LogP contribution in [0.3, 0.4) is 0 Å². The topological polar surface area (TPSA) is 134 Å². The van der Waals surface area contributed by atoms with Crippen molar-refractivity contribution in [1.82, 2.24) is 0 Å². The molecule has 0 bridgehead atoms. The van der Waals surface area contributed by atoms with E-state index in [4.69, 9.17) is 24.3 Å². The summed E-state index contributed by atoms with van der Waals surface area (Å²) in [5, 5.41) is 0. The van der Waals surface area contributed by atoms with Gasteiger partial charge in [-0.2, -0.15) is 0 Å². The van der Waals surface area contributed by atoms with Gasteiger partial charge in [0.25, 0.3) is 0 Å². The van der Waals surface area contributed by atoms with Crippen LogP contribution in [0, 0.1) is 0 Å². The monoisotopic (exact) mass is 1020 g/mol. The van der Waals surface area contributed by atoms with E-state index in [1.807, 2.05) is 0 Å². The first kappa shape index (κ1) is 68.4. The molecular formula is C62H104NO8P. The van der Waals surface area contributed by atoms with E-state index < -0.39 is 32.5 Å². The molecule has 0 aromatic rings. The third-order valence-electron chi connectivity index (χ3n) is 11.6. The van der Waals surface area contributed by atoms with Gasteiger partial charge in [0, 0.05) is 19.4 Å². The summed E-state index contributed by atoms with van der Waals surface area (Å²) in [5.41, 5.74) is 5.36. The molecule has 0 radical (unpaired) electrons. The third-order valence-corrected chi connectivity index (χ3v) is 12.5. The van der Waals surface area contributed by atoms with Gasteiger partial charge < -0.3 is 20.1 Å². The van der Waals surface area contributed by atoms with Crippen LogP contribution in [0.1, 0.15) is 226 Å². The van der Waals surface area contributed by atoms with Crippen LogP contribution < -0.4 is 5.73 Å². The predicted octanol–water partition coefficient (Wildman–Crippen LogP) is 18.0. The lowest BCUT2D eigenvalue weighted by molar-refractivity contribution is -0.161. The predicted molar refractivity (Wildman–Crippen MR) is 307 cm³/mol. The van der Waals surface area contributed by atoms with E-state index in [1.165, 1.54) is 70.6 Å². The van der Waals surface area contributed by atoms with Crippen LogP contribution in [0.5, 0.6) is 0 Å². The number of carbonyl (C=O) groups is 2. The molecule has 0 spiro atoms. The second-order valence-corrected chi connectivity index (χ2v) is 19.9. The smallest absolute Gasteiger partial charge is 0.462 e. The number of hydrogen-bond donors (Lipinski definition) is 2. The summed E-state index contributed by atoms with van der Waals surface area (Å²) < 4.78 is 32.8. The van der Waals surface area contributed by atoms with Crippen molar-refractivity contribution in [2.75, 3.05) is 26.4 Å². The molecule has 0 amide bonds. The molecule has 0 heterocycles. The number of carbonyl (C=O) groups excluding carboxylic acids is 2. The molecule has 10 heteroatoms. The molecule has 0 aromatic heterocycles. The minimum absolute atomic E-state index is 0.0480. The third kappa shape index (κ3) is 55.7. The van der Waals surface area contributed by atoms with Gasteiger partial charge in [-0.3, -0.25) is 18.6 Å².